The van der Waals surface area contributed by atoms with Gasteiger partial charge in [0, 0.05) is 31.3 Å². The predicted molar refractivity (Wildman–Crippen MR) is 167 cm³/mol. The lowest BCUT2D eigenvalue weighted by Crippen LogP contribution is -2.60. The van der Waals surface area contributed by atoms with Gasteiger partial charge in [0.05, 0.1) is 5.57 Å². The fourth-order valence-corrected chi connectivity index (χ4v) is 9.44. The Morgan fingerprint density at radius 3 is 2.15 bits per heavy atom. The lowest BCUT2D eigenvalue weighted by atomic mass is 9.38. The van der Waals surface area contributed by atoms with E-state index in [9.17, 15) is 14.9 Å². The van der Waals surface area contributed by atoms with Crippen LogP contribution in [0.15, 0.2) is 26.9 Å². The molecule has 6 heteroatoms. The molecule has 41 heavy (non-hydrogen) atoms. The molecule has 0 spiro atoms. The minimum absolute atomic E-state index is 0.0313. The van der Waals surface area contributed by atoms with E-state index in [1.807, 2.05) is 27.0 Å². The number of amidine groups is 1. The Morgan fingerprint density at radius 1 is 0.951 bits per heavy atom. The smallest absolute Gasteiger partial charge is 0.178 e. The number of allylic oxidation sites excluding steroid dienone is 2. The van der Waals surface area contributed by atoms with Gasteiger partial charge in [-0.1, -0.05) is 67.9 Å². The summed E-state index contributed by atoms with van der Waals surface area (Å²) in [6.45, 7) is 20.0. The number of nitriles is 1. The molecule has 3 rings (SSSR count). The number of fused-ring (bicyclic) bond motifs is 1. The fraction of sp³-hybridized carbons (Fsp3) is 0.829. The van der Waals surface area contributed by atoms with Gasteiger partial charge in [0.15, 0.2) is 11.6 Å². The summed E-state index contributed by atoms with van der Waals surface area (Å²) in [5.41, 5.74) is -0.974. The molecule has 2 fully saturated rings. The number of nitrogens with zero attached hydrogens (tertiary/aromatic N) is 4. The number of carbonyl (C=O) groups excluding carboxylic acids is 2. The molecule has 6 atom stereocenters. The Hall–Kier alpha value is -2.16. The maximum atomic E-state index is 13.4. The van der Waals surface area contributed by atoms with Gasteiger partial charge in [0.1, 0.15) is 11.9 Å². The molecule has 0 aliphatic heterocycles. The molecule has 2 saturated carbocycles. The molecule has 0 radical (unpaired) electrons. The second-order valence-electron chi connectivity index (χ2n) is 16.0. The molecule has 3 aliphatic carbocycles. The summed E-state index contributed by atoms with van der Waals surface area (Å²) in [6, 6.07) is 2.24. The first-order chi connectivity index (χ1) is 18.9. The van der Waals surface area contributed by atoms with Gasteiger partial charge in [-0.2, -0.15) is 10.4 Å². The Balaban J connectivity index is 2.19. The number of Topliss-reactive ketones (excluding diaryl/α,β-unsaturated/α-hetero) is 2. The maximum Gasteiger partial charge on any atom is 0.178 e. The van der Waals surface area contributed by atoms with Crippen LogP contribution < -0.4 is 0 Å². The van der Waals surface area contributed by atoms with Crippen molar-refractivity contribution in [2.24, 2.45) is 59.5 Å². The summed E-state index contributed by atoms with van der Waals surface area (Å²) < 4.78 is 0. The summed E-state index contributed by atoms with van der Waals surface area (Å²) in [7, 11) is 3.55. The molecule has 0 aromatic carbocycles. The second kappa shape index (κ2) is 11.5. The standard InChI is InChI=1S/C35H56N4O2/c1-24(40)21-27-34(8)22-25(23-36)28(41)31(4,5)26(34)13-16-35(27,9)33(7)15-12-14-30(2,3)17-18-32(6,19-20-33)29(37-10)39-38-11/h22,26-27H,12-21H2,1-11H3/t26-,27+,32-,33-,34-,35+/m0/s1. The van der Waals surface area contributed by atoms with E-state index in [4.69, 9.17) is 0 Å². The van der Waals surface area contributed by atoms with Crippen LogP contribution in [0.2, 0.25) is 0 Å². The van der Waals surface area contributed by atoms with Crippen molar-refractivity contribution in [2.45, 2.75) is 127 Å². The first kappa shape index (κ1) is 33.3. The lowest BCUT2D eigenvalue weighted by molar-refractivity contribution is -0.159. The van der Waals surface area contributed by atoms with E-state index >= 15 is 0 Å². The van der Waals surface area contributed by atoms with Crippen LogP contribution in [0, 0.1) is 55.7 Å². The molecule has 0 aromatic rings. The minimum Gasteiger partial charge on any atom is -0.300 e. The first-order valence-electron chi connectivity index (χ1n) is 15.8. The normalized spacial score (nSPS) is 39.9. The molecule has 0 aromatic heterocycles. The van der Waals surface area contributed by atoms with Crippen LogP contribution in [0.3, 0.4) is 0 Å². The molecular formula is C35H56N4O2. The summed E-state index contributed by atoms with van der Waals surface area (Å²) >= 11 is 0. The quantitative estimate of drug-likeness (QED) is 0.194. The monoisotopic (exact) mass is 564 g/mol. The van der Waals surface area contributed by atoms with Gasteiger partial charge in [0.2, 0.25) is 0 Å². The van der Waals surface area contributed by atoms with Crippen molar-refractivity contribution in [3.05, 3.63) is 11.6 Å². The molecule has 0 saturated heterocycles. The minimum atomic E-state index is -0.636. The van der Waals surface area contributed by atoms with Gasteiger partial charge in [-0.25, -0.2) is 0 Å². The van der Waals surface area contributed by atoms with Gasteiger partial charge in [-0.15, -0.1) is 5.11 Å². The molecule has 0 unspecified atom stereocenters. The lowest BCUT2D eigenvalue weighted by Gasteiger charge is -2.65. The van der Waals surface area contributed by atoms with Gasteiger partial charge in [-0.3, -0.25) is 9.79 Å². The molecule has 0 bridgehead atoms. The van der Waals surface area contributed by atoms with Crippen molar-refractivity contribution in [3.63, 3.8) is 0 Å². The van der Waals surface area contributed by atoms with Gasteiger partial charge in [0.25, 0.3) is 0 Å². The maximum absolute atomic E-state index is 13.4. The SMILES string of the molecule is CN=NC(=NC)[C@@]1(C)CCC(C)(C)CCC[C@](C)([C@]2(C)CC[C@H]3C(C)(C)C(=O)C(C#N)=C[C@]3(C)[C@H]2CC(C)=O)CC1. The van der Waals surface area contributed by atoms with E-state index in [1.165, 1.54) is 0 Å². The summed E-state index contributed by atoms with van der Waals surface area (Å²) in [5, 5.41) is 18.7. The van der Waals surface area contributed by atoms with E-state index in [0.29, 0.717) is 6.42 Å². The van der Waals surface area contributed by atoms with Crippen LogP contribution in [0.1, 0.15) is 127 Å². The van der Waals surface area contributed by atoms with E-state index < -0.39 is 10.8 Å². The van der Waals surface area contributed by atoms with Crippen molar-refractivity contribution in [1.29, 1.82) is 5.26 Å². The Bertz CT molecular complexity index is 1170. The largest absolute Gasteiger partial charge is 0.300 e. The molecular weight excluding hydrogens is 508 g/mol. The van der Waals surface area contributed by atoms with E-state index in [2.05, 4.69) is 62.8 Å². The molecule has 0 amide bonds. The van der Waals surface area contributed by atoms with Crippen LogP contribution in [0.5, 0.6) is 0 Å². The van der Waals surface area contributed by atoms with E-state index in [-0.39, 0.29) is 50.6 Å². The van der Waals surface area contributed by atoms with Gasteiger partial charge in [-0.05, 0) is 91.8 Å². The average molecular weight is 565 g/mol. The zero-order valence-electron chi connectivity index (χ0n) is 27.9. The summed E-state index contributed by atoms with van der Waals surface area (Å²) in [4.78, 5) is 31.0. The number of ketones is 2. The number of hydrogen-bond donors (Lipinski definition) is 0. The van der Waals surface area contributed by atoms with Crippen LogP contribution in [-0.4, -0.2) is 31.5 Å². The van der Waals surface area contributed by atoms with E-state index in [0.717, 1.165) is 63.6 Å². The van der Waals surface area contributed by atoms with Crippen molar-refractivity contribution >= 4 is 17.4 Å². The molecule has 0 heterocycles. The fourth-order valence-electron chi connectivity index (χ4n) is 9.44. The van der Waals surface area contributed by atoms with Gasteiger partial charge >= 0.3 is 0 Å². The highest BCUT2D eigenvalue weighted by molar-refractivity contribution is 6.04. The average Bonchev–Trinajstić information content (AvgIpc) is 2.88. The molecule has 6 nitrogen and oxygen atoms in total. The Morgan fingerprint density at radius 2 is 1.59 bits per heavy atom. The zero-order valence-corrected chi connectivity index (χ0v) is 27.9. The summed E-state index contributed by atoms with van der Waals surface area (Å²) in [6.07, 6.45) is 11.8. The first-order valence-corrected chi connectivity index (χ1v) is 15.8. The van der Waals surface area contributed by atoms with Crippen LogP contribution in [0.25, 0.3) is 0 Å². The van der Waals surface area contributed by atoms with Crippen molar-refractivity contribution in [2.75, 3.05) is 14.1 Å². The number of azo groups is 1. The molecule has 0 N–H and O–H groups in total. The Labute approximate surface area is 249 Å². The number of carbonyl (C=O) groups is 2. The van der Waals surface area contributed by atoms with Crippen LogP contribution in [-0.2, 0) is 9.59 Å². The van der Waals surface area contributed by atoms with Crippen LogP contribution >= 0.6 is 0 Å². The third-order valence-corrected chi connectivity index (χ3v) is 12.5. The third kappa shape index (κ3) is 5.89. The number of hydrogen-bond acceptors (Lipinski definition) is 5. The van der Waals surface area contributed by atoms with Crippen LogP contribution in [0.4, 0.5) is 0 Å². The third-order valence-electron chi connectivity index (χ3n) is 12.5. The van der Waals surface area contributed by atoms with E-state index in [1.54, 1.807) is 14.0 Å². The second-order valence-corrected chi connectivity index (χ2v) is 16.0. The number of aliphatic imine (C=N–C) groups is 1. The Kier molecular flexibility index (Phi) is 9.35. The molecule has 3 aliphatic rings. The highest BCUT2D eigenvalue weighted by atomic mass is 16.1. The highest BCUT2D eigenvalue weighted by Gasteiger charge is 2.64. The topological polar surface area (TPSA) is 95.0 Å². The van der Waals surface area contributed by atoms with Crippen molar-refractivity contribution in [3.8, 4) is 6.07 Å². The van der Waals surface area contributed by atoms with Crippen molar-refractivity contribution < 1.29 is 9.59 Å². The highest BCUT2D eigenvalue weighted by Crippen LogP contribution is 2.69. The predicted octanol–water partition coefficient (Wildman–Crippen LogP) is 8.96. The molecule has 228 valence electrons. The number of rotatable bonds is 4. The van der Waals surface area contributed by atoms with Gasteiger partial charge < -0.3 is 4.79 Å². The zero-order chi connectivity index (χ0) is 31.1. The van der Waals surface area contributed by atoms with Crippen molar-refractivity contribution in [1.82, 2.24) is 0 Å². The summed E-state index contributed by atoms with van der Waals surface area (Å²) in [5.74, 6) is 1.08.